The first-order valence-corrected chi connectivity index (χ1v) is 10.3. The highest BCUT2D eigenvalue weighted by Gasteiger charge is 2.35. The van der Waals surface area contributed by atoms with Crippen LogP contribution in [0.2, 0.25) is 0 Å². The number of anilines is 2. The molecule has 0 unspecified atom stereocenters. The molecule has 1 saturated carbocycles. The van der Waals surface area contributed by atoms with Crippen LogP contribution < -0.4 is 15.4 Å². The number of benzene rings is 1. The first kappa shape index (κ1) is 22.7. The number of ether oxygens (including phenoxy) is 1. The van der Waals surface area contributed by atoms with Crippen molar-refractivity contribution >= 4 is 11.8 Å². The third-order valence-electron chi connectivity index (χ3n) is 5.58. The fourth-order valence-electron chi connectivity index (χ4n) is 3.83. The molecule has 0 aliphatic heterocycles. The van der Waals surface area contributed by atoms with Crippen molar-refractivity contribution in [1.29, 1.82) is 5.26 Å². The van der Waals surface area contributed by atoms with Crippen molar-refractivity contribution in [3.05, 3.63) is 41.6 Å². The van der Waals surface area contributed by atoms with Gasteiger partial charge in [0.1, 0.15) is 23.2 Å². The molecule has 0 bridgehead atoms. The van der Waals surface area contributed by atoms with E-state index in [1.54, 1.807) is 18.2 Å². The molecule has 2 aromatic rings. The lowest BCUT2D eigenvalue weighted by molar-refractivity contribution is -0.0504. The minimum Gasteiger partial charge on any atom is -0.435 e. The molecule has 0 radical (unpaired) electrons. The van der Waals surface area contributed by atoms with Gasteiger partial charge in [0.2, 0.25) is 5.95 Å². The number of aliphatic hydroxyl groups is 1. The second-order valence-corrected chi connectivity index (χ2v) is 8.36. The molecule has 1 aliphatic carbocycles. The number of rotatable bonds is 8. The number of alkyl halides is 2. The zero-order valence-electron chi connectivity index (χ0n) is 17.6. The lowest BCUT2D eigenvalue weighted by Gasteiger charge is -2.40. The van der Waals surface area contributed by atoms with E-state index in [4.69, 9.17) is 0 Å². The minimum atomic E-state index is -2.88. The van der Waals surface area contributed by atoms with Crippen LogP contribution in [0.15, 0.2) is 30.5 Å². The van der Waals surface area contributed by atoms with Crippen LogP contribution in [-0.4, -0.2) is 40.4 Å². The van der Waals surface area contributed by atoms with Gasteiger partial charge in [-0.05, 0) is 42.7 Å². The highest BCUT2D eigenvalue weighted by molar-refractivity contribution is 5.54. The number of hydrogen-bond acceptors (Lipinski definition) is 7. The summed E-state index contributed by atoms with van der Waals surface area (Å²) in [6.07, 6.45) is 3.76. The Kier molecular flexibility index (Phi) is 7.23. The minimum absolute atomic E-state index is 0.0895. The summed E-state index contributed by atoms with van der Waals surface area (Å²) in [6, 6.07) is 8.82. The van der Waals surface area contributed by atoms with Gasteiger partial charge in [0.15, 0.2) is 0 Å². The first-order chi connectivity index (χ1) is 14.8. The van der Waals surface area contributed by atoms with Crippen molar-refractivity contribution in [3.63, 3.8) is 0 Å². The zero-order valence-corrected chi connectivity index (χ0v) is 17.6. The molecule has 1 aromatic carbocycles. The molecule has 3 N–H and O–H groups in total. The van der Waals surface area contributed by atoms with Gasteiger partial charge in [0.25, 0.3) is 0 Å². The van der Waals surface area contributed by atoms with Crippen LogP contribution in [0.1, 0.15) is 44.2 Å². The molecule has 2 atom stereocenters. The summed E-state index contributed by atoms with van der Waals surface area (Å²) >= 11 is 0. The SMILES string of the molecule is CC1(C)C[C@H](Nc2nc(NCCc3ccccc3OC(F)F)ncc2C#N)CC[C@@H]1O. The van der Waals surface area contributed by atoms with Crippen LogP contribution in [0.3, 0.4) is 0 Å². The zero-order chi connectivity index (χ0) is 22.4. The summed E-state index contributed by atoms with van der Waals surface area (Å²) in [4.78, 5) is 8.61. The Labute approximate surface area is 180 Å². The monoisotopic (exact) mass is 431 g/mol. The van der Waals surface area contributed by atoms with Gasteiger partial charge in [0.05, 0.1) is 12.3 Å². The predicted octanol–water partition coefficient (Wildman–Crippen LogP) is 3.96. The Bertz CT molecular complexity index is 932. The summed E-state index contributed by atoms with van der Waals surface area (Å²) in [5, 5.41) is 26.0. The van der Waals surface area contributed by atoms with Crippen molar-refractivity contribution < 1.29 is 18.6 Å². The second-order valence-electron chi connectivity index (χ2n) is 8.36. The number of nitrogens with zero attached hydrogens (tertiary/aromatic N) is 3. The number of aliphatic hydroxyl groups excluding tert-OH is 1. The first-order valence-electron chi connectivity index (χ1n) is 10.3. The summed E-state index contributed by atoms with van der Waals surface area (Å²) in [5.41, 5.74) is 0.764. The van der Waals surface area contributed by atoms with E-state index < -0.39 is 6.61 Å². The lowest BCUT2D eigenvalue weighted by Crippen LogP contribution is -2.41. The Balaban J connectivity index is 1.64. The Morgan fingerprint density at radius 2 is 2.10 bits per heavy atom. The van der Waals surface area contributed by atoms with Gasteiger partial charge in [-0.15, -0.1) is 0 Å². The van der Waals surface area contributed by atoms with Crippen LogP contribution in [0.5, 0.6) is 5.75 Å². The van der Waals surface area contributed by atoms with Crippen LogP contribution in [0, 0.1) is 16.7 Å². The Morgan fingerprint density at radius 3 is 2.81 bits per heavy atom. The van der Waals surface area contributed by atoms with Crippen molar-refractivity contribution in [2.24, 2.45) is 5.41 Å². The number of hydrogen-bond donors (Lipinski definition) is 3. The fraction of sp³-hybridized carbons (Fsp3) is 0.500. The maximum absolute atomic E-state index is 12.6. The average Bonchev–Trinajstić information content (AvgIpc) is 2.72. The molecule has 1 fully saturated rings. The van der Waals surface area contributed by atoms with Gasteiger partial charge in [0, 0.05) is 12.6 Å². The van der Waals surface area contributed by atoms with E-state index in [0.29, 0.717) is 42.3 Å². The summed E-state index contributed by atoms with van der Waals surface area (Å²) in [7, 11) is 0. The average molecular weight is 431 g/mol. The van der Waals surface area contributed by atoms with Gasteiger partial charge in [-0.3, -0.25) is 0 Å². The predicted molar refractivity (Wildman–Crippen MR) is 113 cm³/mol. The number of nitrogens with one attached hydrogen (secondary N) is 2. The lowest BCUT2D eigenvalue weighted by atomic mass is 9.73. The molecule has 1 aromatic heterocycles. The van der Waals surface area contributed by atoms with Gasteiger partial charge >= 0.3 is 6.61 Å². The summed E-state index contributed by atoms with van der Waals surface area (Å²) in [5.74, 6) is 0.923. The maximum atomic E-state index is 12.6. The Hall–Kier alpha value is -2.99. The van der Waals surface area contributed by atoms with Crippen LogP contribution >= 0.6 is 0 Å². The van der Waals surface area contributed by atoms with Gasteiger partial charge < -0.3 is 20.5 Å². The van der Waals surface area contributed by atoms with E-state index in [-0.39, 0.29) is 23.3 Å². The third kappa shape index (κ3) is 6.01. The fourth-order valence-corrected chi connectivity index (χ4v) is 3.83. The molecular formula is C22H27F2N5O2. The van der Waals surface area contributed by atoms with Crippen molar-refractivity contribution in [1.82, 2.24) is 9.97 Å². The highest BCUT2D eigenvalue weighted by atomic mass is 19.3. The normalized spacial score (nSPS) is 20.2. The van der Waals surface area contributed by atoms with Crippen molar-refractivity contribution in [2.45, 2.75) is 58.3 Å². The number of para-hydroxylation sites is 1. The standard InChI is InChI=1S/C22H27F2N5O2/c1-22(2)11-16(7-8-18(22)30)28-19-15(12-25)13-27-21(29-19)26-10-9-14-5-3-4-6-17(14)31-20(23)24/h3-6,13,16,18,20,30H,7-11H2,1-2H3,(H2,26,27,28,29)/t16-,18+/m1/s1. The highest BCUT2D eigenvalue weighted by Crippen LogP contribution is 2.37. The molecular weight excluding hydrogens is 404 g/mol. The van der Waals surface area contributed by atoms with E-state index in [9.17, 15) is 19.1 Å². The van der Waals surface area contributed by atoms with E-state index in [1.807, 2.05) is 13.8 Å². The molecule has 7 nitrogen and oxygen atoms in total. The van der Waals surface area contributed by atoms with E-state index >= 15 is 0 Å². The number of aromatic nitrogens is 2. The molecule has 9 heteroatoms. The molecule has 31 heavy (non-hydrogen) atoms. The molecule has 166 valence electrons. The Morgan fingerprint density at radius 1 is 1.32 bits per heavy atom. The van der Waals surface area contributed by atoms with Gasteiger partial charge in [-0.2, -0.15) is 19.0 Å². The van der Waals surface area contributed by atoms with Crippen LogP contribution in [0.25, 0.3) is 0 Å². The van der Waals surface area contributed by atoms with Gasteiger partial charge in [-0.25, -0.2) is 4.98 Å². The van der Waals surface area contributed by atoms with E-state index in [0.717, 1.165) is 12.8 Å². The quantitative estimate of drug-likeness (QED) is 0.581. The third-order valence-corrected chi connectivity index (χ3v) is 5.58. The molecule has 0 saturated heterocycles. The smallest absolute Gasteiger partial charge is 0.387 e. The molecule has 1 aliphatic rings. The van der Waals surface area contributed by atoms with E-state index in [1.165, 1.54) is 12.3 Å². The van der Waals surface area contributed by atoms with Crippen molar-refractivity contribution in [2.75, 3.05) is 17.2 Å². The van der Waals surface area contributed by atoms with Gasteiger partial charge in [-0.1, -0.05) is 32.0 Å². The van der Waals surface area contributed by atoms with E-state index in [2.05, 4.69) is 31.4 Å². The maximum Gasteiger partial charge on any atom is 0.387 e. The molecule has 3 rings (SSSR count). The number of halogens is 2. The molecule has 1 heterocycles. The second kappa shape index (κ2) is 9.88. The van der Waals surface area contributed by atoms with Crippen LogP contribution in [0.4, 0.5) is 20.5 Å². The number of nitriles is 1. The van der Waals surface area contributed by atoms with Crippen LogP contribution in [-0.2, 0) is 6.42 Å². The van der Waals surface area contributed by atoms with Crippen molar-refractivity contribution in [3.8, 4) is 11.8 Å². The molecule has 0 amide bonds. The topological polar surface area (TPSA) is 103 Å². The summed E-state index contributed by atoms with van der Waals surface area (Å²) in [6.45, 7) is 1.58. The summed E-state index contributed by atoms with van der Waals surface area (Å²) < 4.78 is 29.7. The largest absolute Gasteiger partial charge is 0.435 e. The molecule has 0 spiro atoms.